The minimum absolute atomic E-state index is 0.0959. The van der Waals surface area contributed by atoms with Gasteiger partial charge in [-0.2, -0.15) is 0 Å². The Bertz CT molecular complexity index is 481. The maximum atomic E-state index is 13.1. The molecule has 0 heterocycles. The molecule has 1 aromatic rings. The highest BCUT2D eigenvalue weighted by Crippen LogP contribution is 2.31. The molecule has 0 saturated heterocycles. The van der Waals surface area contributed by atoms with Gasteiger partial charge in [0.1, 0.15) is 5.82 Å². The van der Waals surface area contributed by atoms with Crippen LogP contribution in [0, 0.1) is 15.3 Å². The number of hydrogen-bond acceptors (Lipinski definition) is 1. The van der Waals surface area contributed by atoms with Gasteiger partial charge in [-0.05, 0) is 79.3 Å². The lowest BCUT2D eigenvalue weighted by Crippen LogP contribution is -2.48. The summed E-state index contributed by atoms with van der Waals surface area (Å²) in [5.41, 5.74) is 0.433. The predicted molar refractivity (Wildman–Crippen MR) is 82.6 cm³/mol. The summed E-state index contributed by atoms with van der Waals surface area (Å²) in [6.45, 7) is 4.36. The van der Waals surface area contributed by atoms with Crippen LogP contribution < -0.4 is 5.32 Å². The Hall–Kier alpha value is -0.650. The third-order valence-corrected chi connectivity index (χ3v) is 4.86. The van der Waals surface area contributed by atoms with Crippen LogP contribution in [0.4, 0.5) is 4.39 Å². The maximum Gasteiger partial charge on any atom is 0.252 e. The minimum Gasteiger partial charge on any atom is -0.347 e. The summed E-state index contributed by atoms with van der Waals surface area (Å²) in [6.07, 6.45) is 4.32. The molecule has 0 unspecified atom stereocenters. The van der Waals surface area contributed by atoms with E-state index >= 15 is 0 Å². The number of halogens is 2. The van der Waals surface area contributed by atoms with Crippen LogP contribution >= 0.6 is 22.6 Å². The molecule has 1 saturated carbocycles. The highest BCUT2D eigenvalue weighted by molar-refractivity contribution is 14.1. The lowest BCUT2D eigenvalue weighted by Gasteiger charge is -2.37. The minimum atomic E-state index is -0.307. The molecule has 2 rings (SSSR count). The highest BCUT2D eigenvalue weighted by atomic mass is 127. The number of carbonyl (C=O) groups excluding carboxylic acids is 1. The molecule has 1 aromatic carbocycles. The Morgan fingerprint density at radius 1 is 1.42 bits per heavy atom. The van der Waals surface area contributed by atoms with Crippen molar-refractivity contribution in [1.82, 2.24) is 5.32 Å². The van der Waals surface area contributed by atoms with Crippen molar-refractivity contribution in [1.29, 1.82) is 0 Å². The number of benzene rings is 1. The normalized spacial score (nSPS) is 27.1. The molecule has 2 nitrogen and oxygen atoms in total. The number of rotatable bonds is 2. The van der Waals surface area contributed by atoms with Crippen LogP contribution in [0.25, 0.3) is 0 Å². The molecule has 1 fully saturated rings. The van der Waals surface area contributed by atoms with E-state index in [-0.39, 0.29) is 17.3 Å². The van der Waals surface area contributed by atoms with Crippen LogP contribution in [0.5, 0.6) is 0 Å². The SMILES string of the molecule is CC1CCC(C)(NC(=O)c2ccc(F)cc2I)CC1. The molecule has 0 radical (unpaired) electrons. The summed E-state index contributed by atoms with van der Waals surface area (Å²) in [5.74, 6) is 0.344. The van der Waals surface area contributed by atoms with E-state index in [1.165, 1.54) is 12.1 Å². The van der Waals surface area contributed by atoms with Crippen LogP contribution in [0.15, 0.2) is 18.2 Å². The van der Waals surface area contributed by atoms with Gasteiger partial charge in [0.2, 0.25) is 0 Å². The van der Waals surface area contributed by atoms with Gasteiger partial charge < -0.3 is 5.32 Å². The highest BCUT2D eigenvalue weighted by Gasteiger charge is 2.31. The summed E-state index contributed by atoms with van der Waals surface area (Å²) < 4.78 is 13.7. The molecule has 1 aliphatic carbocycles. The molecule has 19 heavy (non-hydrogen) atoms. The number of hydrogen-bond donors (Lipinski definition) is 1. The summed E-state index contributed by atoms with van der Waals surface area (Å²) in [6, 6.07) is 4.28. The van der Waals surface area contributed by atoms with Crippen molar-refractivity contribution in [3.63, 3.8) is 0 Å². The molecule has 4 heteroatoms. The first kappa shape index (κ1) is 14.8. The van der Waals surface area contributed by atoms with Crippen LogP contribution in [0.2, 0.25) is 0 Å². The first-order valence-electron chi connectivity index (χ1n) is 6.67. The quantitative estimate of drug-likeness (QED) is 0.774. The zero-order valence-electron chi connectivity index (χ0n) is 11.3. The standard InChI is InChI=1S/C15H19FINO/c1-10-5-7-15(2,8-6-10)18-14(19)12-4-3-11(16)9-13(12)17/h3-4,9-10H,5-8H2,1-2H3,(H,18,19). The summed E-state index contributed by atoms with van der Waals surface area (Å²) >= 11 is 2.00. The molecule has 0 aromatic heterocycles. The molecule has 0 aliphatic heterocycles. The third-order valence-electron chi connectivity index (χ3n) is 3.97. The molecule has 1 amide bonds. The predicted octanol–water partition coefficient (Wildman–Crippen LogP) is 4.13. The summed E-state index contributed by atoms with van der Waals surface area (Å²) in [4.78, 5) is 12.3. The summed E-state index contributed by atoms with van der Waals surface area (Å²) in [7, 11) is 0. The lowest BCUT2D eigenvalue weighted by atomic mass is 9.78. The fourth-order valence-electron chi connectivity index (χ4n) is 2.54. The first-order chi connectivity index (χ1) is 8.89. The van der Waals surface area contributed by atoms with Gasteiger partial charge in [-0.1, -0.05) is 6.92 Å². The van der Waals surface area contributed by atoms with Crippen LogP contribution in [-0.2, 0) is 0 Å². The zero-order valence-corrected chi connectivity index (χ0v) is 13.5. The second-order valence-electron chi connectivity index (χ2n) is 5.82. The van der Waals surface area contributed by atoms with Gasteiger partial charge in [-0.25, -0.2) is 4.39 Å². The van der Waals surface area contributed by atoms with Crippen molar-refractivity contribution in [3.8, 4) is 0 Å². The van der Waals surface area contributed by atoms with Crippen LogP contribution in [0.1, 0.15) is 49.9 Å². The topological polar surface area (TPSA) is 29.1 Å². The van der Waals surface area contributed by atoms with E-state index in [1.807, 2.05) is 22.6 Å². The lowest BCUT2D eigenvalue weighted by molar-refractivity contribution is 0.0869. The molecule has 0 atom stereocenters. The number of nitrogens with one attached hydrogen (secondary N) is 1. The molecular weight excluding hydrogens is 356 g/mol. The van der Waals surface area contributed by atoms with Crippen molar-refractivity contribution in [2.24, 2.45) is 5.92 Å². The monoisotopic (exact) mass is 375 g/mol. The van der Waals surface area contributed by atoms with E-state index in [9.17, 15) is 9.18 Å². The van der Waals surface area contributed by atoms with Gasteiger partial charge in [0.15, 0.2) is 0 Å². The van der Waals surface area contributed by atoms with E-state index in [2.05, 4.69) is 19.2 Å². The van der Waals surface area contributed by atoms with Gasteiger partial charge in [-0.3, -0.25) is 4.79 Å². The fourth-order valence-corrected chi connectivity index (χ4v) is 3.26. The van der Waals surface area contributed by atoms with Crippen molar-refractivity contribution in [2.45, 2.75) is 45.1 Å². The van der Waals surface area contributed by atoms with Crippen molar-refractivity contribution in [2.75, 3.05) is 0 Å². The molecule has 104 valence electrons. The Morgan fingerprint density at radius 2 is 2.05 bits per heavy atom. The average Bonchev–Trinajstić information content (AvgIpc) is 2.33. The van der Waals surface area contributed by atoms with Gasteiger partial charge in [0.25, 0.3) is 5.91 Å². The van der Waals surface area contributed by atoms with Gasteiger partial charge in [0.05, 0.1) is 5.56 Å². The molecule has 0 spiro atoms. The van der Waals surface area contributed by atoms with E-state index < -0.39 is 0 Å². The first-order valence-corrected chi connectivity index (χ1v) is 7.75. The molecular formula is C15H19FINO. The van der Waals surface area contributed by atoms with Gasteiger partial charge in [0, 0.05) is 9.11 Å². The summed E-state index contributed by atoms with van der Waals surface area (Å²) in [5, 5.41) is 3.13. The maximum absolute atomic E-state index is 13.1. The third kappa shape index (κ3) is 3.68. The zero-order chi connectivity index (χ0) is 14.0. The average molecular weight is 375 g/mol. The van der Waals surface area contributed by atoms with E-state index in [1.54, 1.807) is 6.07 Å². The van der Waals surface area contributed by atoms with Crippen molar-refractivity contribution in [3.05, 3.63) is 33.1 Å². The largest absolute Gasteiger partial charge is 0.347 e. The van der Waals surface area contributed by atoms with Crippen molar-refractivity contribution < 1.29 is 9.18 Å². The van der Waals surface area contributed by atoms with Gasteiger partial charge in [-0.15, -0.1) is 0 Å². The second-order valence-corrected chi connectivity index (χ2v) is 6.98. The Balaban J connectivity index is 2.08. The Kier molecular flexibility index (Phi) is 4.48. The molecule has 0 bridgehead atoms. The van der Waals surface area contributed by atoms with E-state index in [0.29, 0.717) is 9.13 Å². The Morgan fingerprint density at radius 3 is 2.63 bits per heavy atom. The van der Waals surface area contributed by atoms with Crippen molar-refractivity contribution >= 4 is 28.5 Å². The van der Waals surface area contributed by atoms with Crippen LogP contribution in [0.3, 0.4) is 0 Å². The second kappa shape index (κ2) is 5.77. The Labute approximate surface area is 127 Å². The van der Waals surface area contributed by atoms with Crippen LogP contribution in [-0.4, -0.2) is 11.4 Å². The number of carbonyl (C=O) groups is 1. The van der Waals surface area contributed by atoms with E-state index in [4.69, 9.17) is 0 Å². The van der Waals surface area contributed by atoms with E-state index in [0.717, 1.165) is 31.6 Å². The smallest absolute Gasteiger partial charge is 0.252 e. The van der Waals surface area contributed by atoms with Gasteiger partial charge >= 0.3 is 0 Å². The molecule has 1 aliphatic rings. The number of amides is 1. The fraction of sp³-hybridized carbons (Fsp3) is 0.533. The molecule has 1 N–H and O–H groups in total.